The van der Waals surface area contributed by atoms with Gasteiger partial charge in [-0.2, -0.15) is 0 Å². The smallest absolute Gasteiger partial charge is 0.225 e. The van der Waals surface area contributed by atoms with Gasteiger partial charge in [0.2, 0.25) is 5.91 Å². The predicted octanol–water partition coefficient (Wildman–Crippen LogP) is 2.68. The zero-order valence-electron chi connectivity index (χ0n) is 10.2. The van der Waals surface area contributed by atoms with Crippen LogP contribution in [-0.2, 0) is 4.79 Å². The van der Waals surface area contributed by atoms with E-state index in [0.29, 0.717) is 17.9 Å². The van der Waals surface area contributed by atoms with Crippen LogP contribution in [-0.4, -0.2) is 23.4 Å². The van der Waals surface area contributed by atoms with Crippen LogP contribution in [0.3, 0.4) is 0 Å². The summed E-state index contributed by atoms with van der Waals surface area (Å²) < 4.78 is 0. The Balaban J connectivity index is 1.92. The quantitative estimate of drug-likeness (QED) is 0.697. The number of carbonyl (C=O) groups excluding carboxylic acids is 1. The van der Waals surface area contributed by atoms with Crippen LogP contribution in [0, 0.1) is 17.8 Å². The molecule has 1 amide bonds. The zero-order valence-corrected chi connectivity index (χ0v) is 10.2. The Kier molecular flexibility index (Phi) is 3.03. The first kappa shape index (κ1) is 11.0. The summed E-state index contributed by atoms with van der Waals surface area (Å²) in [5.41, 5.74) is 0. The van der Waals surface area contributed by atoms with Crippen LogP contribution in [0.4, 0.5) is 0 Å². The van der Waals surface area contributed by atoms with Crippen molar-refractivity contribution in [2.24, 2.45) is 17.8 Å². The second-order valence-corrected chi connectivity index (χ2v) is 5.31. The van der Waals surface area contributed by atoms with Gasteiger partial charge in [0.25, 0.3) is 0 Å². The second-order valence-electron chi connectivity index (χ2n) is 5.31. The highest BCUT2D eigenvalue weighted by Gasteiger charge is 2.48. The normalized spacial score (nSPS) is 34.7. The standard InChI is InChI=1S/C13H23NO/c1-4-9(3)14(5-2)13(15)12-7-10-6-11(10)8-12/h9-12H,4-8H2,1-3H3. The summed E-state index contributed by atoms with van der Waals surface area (Å²) in [4.78, 5) is 14.3. The first-order valence-corrected chi connectivity index (χ1v) is 6.47. The zero-order chi connectivity index (χ0) is 11.0. The van der Waals surface area contributed by atoms with Gasteiger partial charge in [0.15, 0.2) is 0 Å². The van der Waals surface area contributed by atoms with Crippen molar-refractivity contribution in [1.29, 1.82) is 0 Å². The number of rotatable bonds is 4. The molecular formula is C13H23NO. The molecule has 2 nitrogen and oxygen atoms in total. The summed E-state index contributed by atoms with van der Waals surface area (Å²) in [6, 6.07) is 0.416. The van der Waals surface area contributed by atoms with Gasteiger partial charge in [-0.05, 0) is 51.4 Å². The van der Waals surface area contributed by atoms with Gasteiger partial charge in [-0.25, -0.2) is 0 Å². The Morgan fingerprint density at radius 2 is 1.87 bits per heavy atom. The molecule has 0 aromatic rings. The maximum atomic E-state index is 12.3. The Morgan fingerprint density at radius 3 is 2.33 bits per heavy atom. The molecule has 2 aliphatic rings. The van der Waals surface area contributed by atoms with Crippen molar-refractivity contribution < 1.29 is 4.79 Å². The van der Waals surface area contributed by atoms with E-state index < -0.39 is 0 Å². The van der Waals surface area contributed by atoms with Gasteiger partial charge < -0.3 is 4.90 Å². The molecule has 2 aliphatic carbocycles. The van der Waals surface area contributed by atoms with Crippen molar-refractivity contribution in [3.63, 3.8) is 0 Å². The topological polar surface area (TPSA) is 20.3 Å². The minimum absolute atomic E-state index is 0.364. The number of hydrogen-bond acceptors (Lipinski definition) is 1. The molecule has 0 bridgehead atoms. The third kappa shape index (κ3) is 2.04. The highest BCUT2D eigenvalue weighted by atomic mass is 16.2. The molecule has 0 aromatic carbocycles. The fourth-order valence-electron chi connectivity index (χ4n) is 3.06. The SMILES string of the molecule is CCC(C)N(CC)C(=O)C1CC2CC2C1. The van der Waals surface area contributed by atoms with E-state index in [1.165, 1.54) is 19.3 Å². The molecule has 2 fully saturated rings. The molecule has 2 saturated carbocycles. The van der Waals surface area contributed by atoms with Gasteiger partial charge in [-0.1, -0.05) is 6.92 Å². The van der Waals surface area contributed by atoms with Crippen molar-refractivity contribution in [2.75, 3.05) is 6.54 Å². The predicted molar refractivity (Wildman–Crippen MR) is 61.5 cm³/mol. The highest BCUT2D eigenvalue weighted by molar-refractivity contribution is 5.79. The van der Waals surface area contributed by atoms with Crippen LogP contribution in [0.15, 0.2) is 0 Å². The molecule has 86 valence electrons. The highest BCUT2D eigenvalue weighted by Crippen LogP contribution is 2.54. The van der Waals surface area contributed by atoms with E-state index in [9.17, 15) is 4.79 Å². The first-order chi connectivity index (χ1) is 7.17. The Labute approximate surface area is 93.0 Å². The van der Waals surface area contributed by atoms with Gasteiger partial charge in [-0.15, -0.1) is 0 Å². The molecule has 2 heteroatoms. The maximum Gasteiger partial charge on any atom is 0.225 e. The molecule has 0 radical (unpaired) electrons. The summed E-state index contributed by atoms with van der Waals surface area (Å²) in [7, 11) is 0. The third-order valence-corrected chi connectivity index (χ3v) is 4.34. The number of fused-ring (bicyclic) bond motifs is 1. The maximum absolute atomic E-state index is 12.3. The average molecular weight is 209 g/mol. The van der Waals surface area contributed by atoms with Gasteiger partial charge in [0, 0.05) is 18.5 Å². The van der Waals surface area contributed by atoms with Crippen LogP contribution in [0.2, 0.25) is 0 Å². The van der Waals surface area contributed by atoms with E-state index in [-0.39, 0.29) is 0 Å². The van der Waals surface area contributed by atoms with Gasteiger partial charge in [0.1, 0.15) is 0 Å². The minimum Gasteiger partial charge on any atom is -0.340 e. The summed E-state index contributed by atoms with van der Waals surface area (Å²) in [5.74, 6) is 2.62. The molecule has 0 aliphatic heterocycles. The van der Waals surface area contributed by atoms with E-state index in [1.807, 2.05) is 0 Å². The fourth-order valence-corrected chi connectivity index (χ4v) is 3.06. The molecule has 0 saturated heterocycles. The fraction of sp³-hybridized carbons (Fsp3) is 0.923. The van der Waals surface area contributed by atoms with Crippen molar-refractivity contribution in [3.05, 3.63) is 0 Å². The lowest BCUT2D eigenvalue weighted by molar-refractivity contribution is -0.137. The molecule has 0 aromatic heterocycles. The Hall–Kier alpha value is -0.530. The minimum atomic E-state index is 0.364. The summed E-state index contributed by atoms with van der Waals surface area (Å²) in [6.45, 7) is 7.29. The number of carbonyl (C=O) groups is 1. The van der Waals surface area contributed by atoms with Crippen LogP contribution < -0.4 is 0 Å². The Bertz CT molecular complexity index is 241. The molecule has 0 N–H and O–H groups in total. The summed E-state index contributed by atoms with van der Waals surface area (Å²) >= 11 is 0. The van der Waals surface area contributed by atoms with Crippen LogP contribution in [0.1, 0.15) is 46.5 Å². The average Bonchev–Trinajstić information content (AvgIpc) is 2.86. The van der Waals surface area contributed by atoms with E-state index in [4.69, 9.17) is 0 Å². The van der Waals surface area contributed by atoms with Gasteiger partial charge in [-0.3, -0.25) is 4.79 Å². The molecule has 15 heavy (non-hydrogen) atoms. The van der Waals surface area contributed by atoms with E-state index in [2.05, 4.69) is 25.7 Å². The largest absolute Gasteiger partial charge is 0.340 e. The van der Waals surface area contributed by atoms with Gasteiger partial charge >= 0.3 is 0 Å². The van der Waals surface area contributed by atoms with E-state index >= 15 is 0 Å². The van der Waals surface area contributed by atoms with Crippen molar-refractivity contribution in [2.45, 2.75) is 52.5 Å². The lowest BCUT2D eigenvalue weighted by atomic mass is 10.0. The molecule has 3 atom stereocenters. The van der Waals surface area contributed by atoms with Crippen LogP contribution in [0.25, 0.3) is 0 Å². The van der Waals surface area contributed by atoms with Crippen molar-refractivity contribution >= 4 is 5.91 Å². The second kappa shape index (κ2) is 4.15. The van der Waals surface area contributed by atoms with E-state index in [1.54, 1.807) is 0 Å². The summed E-state index contributed by atoms with van der Waals surface area (Å²) in [5, 5.41) is 0. The molecular weight excluding hydrogens is 186 g/mol. The lowest BCUT2D eigenvalue weighted by Crippen LogP contribution is -2.41. The lowest BCUT2D eigenvalue weighted by Gasteiger charge is -2.30. The number of nitrogens with zero attached hydrogens (tertiary/aromatic N) is 1. The number of hydrogen-bond donors (Lipinski definition) is 0. The van der Waals surface area contributed by atoms with Crippen LogP contribution >= 0.6 is 0 Å². The first-order valence-electron chi connectivity index (χ1n) is 6.47. The molecule has 3 unspecified atom stereocenters. The van der Waals surface area contributed by atoms with Crippen molar-refractivity contribution in [3.8, 4) is 0 Å². The van der Waals surface area contributed by atoms with E-state index in [0.717, 1.165) is 24.8 Å². The molecule has 0 spiro atoms. The monoisotopic (exact) mass is 209 g/mol. The number of amides is 1. The van der Waals surface area contributed by atoms with Gasteiger partial charge in [0.05, 0.1) is 0 Å². The van der Waals surface area contributed by atoms with Crippen LogP contribution in [0.5, 0.6) is 0 Å². The molecule has 0 heterocycles. The molecule has 2 rings (SSSR count). The summed E-state index contributed by atoms with van der Waals surface area (Å²) in [6.07, 6.45) is 4.82. The van der Waals surface area contributed by atoms with Crippen molar-refractivity contribution in [1.82, 2.24) is 4.90 Å². The third-order valence-electron chi connectivity index (χ3n) is 4.34. The Morgan fingerprint density at radius 1 is 1.27 bits per heavy atom.